The van der Waals surface area contributed by atoms with E-state index in [1.54, 1.807) is 61.3 Å². The summed E-state index contributed by atoms with van der Waals surface area (Å²) in [7, 11) is 0. The number of nitrogens with zero attached hydrogens (tertiary/aromatic N) is 6. The van der Waals surface area contributed by atoms with Crippen LogP contribution in [0.1, 0.15) is 13.8 Å². The molecule has 0 saturated heterocycles. The van der Waals surface area contributed by atoms with E-state index in [1.165, 1.54) is 10.6 Å². The van der Waals surface area contributed by atoms with Gasteiger partial charge in [-0.1, -0.05) is 12.1 Å². The lowest BCUT2D eigenvalue weighted by molar-refractivity contribution is 0.0578. The van der Waals surface area contributed by atoms with E-state index < -0.39 is 5.60 Å². The molecule has 27 heavy (non-hydrogen) atoms. The Hall–Kier alpha value is -3.33. The first-order valence-electron chi connectivity index (χ1n) is 8.38. The predicted molar refractivity (Wildman–Crippen MR) is 98.0 cm³/mol. The van der Waals surface area contributed by atoms with Crippen molar-refractivity contribution in [1.82, 2.24) is 29.6 Å². The third-order valence-corrected chi connectivity index (χ3v) is 3.83. The fraction of sp³-hybridized carbons (Fsp3) is 0.222. The minimum atomic E-state index is -0.864. The third kappa shape index (κ3) is 3.63. The van der Waals surface area contributed by atoms with Gasteiger partial charge in [-0.2, -0.15) is 9.61 Å². The third-order valence-electron chi connectivity index (χ3n) is 3.83. The maximum atomic E-state index is 14.1. The van der Waals surface area contributed by atoms with Gasteiger partial charge in [0.2, 0.25) is 0 Å². The van der Waals surface area contributed by atoms with Crippen LogP contribution in [0.3, 0.4) is 0 Å². The number of hydrogen-bond acceptors (Lipinski definition) is 6. The number of benzene rings is 1. The highest BCUT2D eigenvalue weighted by Crippen LogP contribution is 2.22. The van der Waals surface area contributed by atoms with Gasteiger partial charge in [-0.3, -0.25) is 4.68 Å². The molecular formula is C18H18FN7O. The Kier molecular flexibility index (Phi) is 4.08. The highest BCUT2D eigenvalue weighted by Gasteiger charge is 2.15. The summed E-state index contributed by atoms with van der Waals surface area (Å²) < 4.78 is 17.2. The van der Waals surface area contributed by atoms with Crippen molar-refractivity contribution < 1.29 is 9.50 Å². The number of rotatable bonds is 5. The molecule has 0 atom stereocenters. The molecule has 0 aliphatic heterocycles. The van der Waals surface area contributed by atoms with Crippen molar-refractivity contribution in [1.29, 1.82) is 0 Å². The summed E-state index contributed by atoms with van der Waals surface area (Å²) >= 11 is 0. The van der Waals surface area contributed by atoms with Crippen LogP contribution in [0.5, 0.6) is 0 Å². The summed E-state index contributed by atoms with van der Waals surface area (Å²) in [6.45, 7) is 3.80. The molecule has 1 aromatic carbocycles. The number of fused-ring (bicyclic) bond motifs is 1. The fourth-order valence-corrected chi connectivity index (χ4v) is 2.72. The maximum absolute atomic E-state index is 14.1. The van der Waals surface area contributed by atoms with Gasteiger partial charge in [0, 0.05) is 6.20 Å². The molecule has 9 heteroatoms. The van der Waals surface area contributed by atoms with Crippen LogP contribution in [-0.4, -0.2) is 40.3 Å². The molecule has 4 rings (SSSR count). The summed E-state index contributed by atoms with van der Waals surface area (Å²) in [5.74, 6) is 0.465. The van der Waals surface area contributed by atoms with Crippen LogP contribution in [0.25, 0.3) is 17.0 Å². The number of halogens is 1. The van der Waals surface area contributed by atoms with Gasteiger partial charge in [0.1, 0.15) is 5.82 Å². The van der Waals surface area contributed by atoms with E-state index in [4.69, 9.17) is 0 Å². The Morgan fingerprint density at radius 2 is 1.96 bits per heavy atom. The van der Waals surface area contributed by atoms with Crippen LogP contribution in [0.15, 0.2) is 48.8 Å². The Labute approximate surface area is 154 Å². The molecule has 2 N–H and O–H groups in total. The molecule has 0 saturated carbocycles. The zero-order valence-electron chi connectivity index (χ0n) is 14.8. The standard InChI is InChI=1S/C18H18FN7O/c1-18(2,27)11-25-10-12(9-20-25)21-15-7-8-16-22-23-17(26(16)24-15)13-5-3-4-6-14(13)19/h3-10,27H,11H2,1-2H3,(H,21,24). The molecule has 0 aliphatic rings. The number of aliphatic hydroxyl groups is 1. The van der Waals surface area contributed by atoms with Crippen molar-refractivity contribution in [2.24, 2.45) is 0 Å². The van der Waals surface area contributed by atoms with Gasteiger partial charge in [0.25, 0.3) is 0 Å². The average Bonchev–Trinajstić information content (AvgIpc) is 3.20. The van der Waals surface area contributed by atoms with Crippen molar-refractivity contribution in [3.63, 3.8) is 0 Å². The molecule has 0 spiro atoms. The number of aromatic nitrogens is 6. The largest absolute Gasteiger partial charge is 0.389 e. The van der Waals surface area contributed by atoms with Crippen molar-refractivity contribution in [2.75, 3.05) is 5.32 Å². The van der Waals surface area contributed by atoms with Crippen molar-refractivity contribution in [2.45, 2.75) is 26.0 Å². The number of nitrogens with one attached hydrogen (secondary N) is 1. The van der Waals surface area contributed by atoms with Crippen molar-refractivity contribution >= 4 is 17.2 Å². The molecular weight excluding hydrogens is 349 g/mol. The van der Waals surface area contributed by atoms with Gasteiger partial charge in [-0.25, -0.2) is 4.39 Å². The minimum absolute atomic E-state index is 0.324. The molecule has 3 aromatic heterocycles. The van der Waals surface area contributed by atoms with Crippen molar-refractivity contribution in [3.8, 4) is 11.4 Å². The first-order valence-corrected chi connectivity index (χ1v) is 8.38. The van der Waals surface area contributed by atoms with E-state index in [0.29, 0.717) is 35.1 Å². The molecule has 8 nitrogen and oxygen atoms in total. The van der Waals surface area contributed by atoms with Crippen LogP contribution in [0.4, 0.5) is 15.9 Å². The zero-order valence-corrected chi connectivity index (χ0v) is 14.8. The number of anilines is 2. The molecule has 0 radical (unpaired) electrons. The minimum Gasteiger partial charge on any atom is -0.389 e. The summed E-state index contributed by atoms with van der Waals surface area (Å²) in [4.78, 5) is 0. The molecule has 0 fully saturated rings. The second-order valence-electron chi connectivity index (χ2n) is 6.86. The second-order valence-corrected chi connectivity index (χ2v) is 6.86. The lowest BCUT2D eigenvalue weighted by Gasteiger charge is -2.16. The van der Waals surface area contributed by atoms with Crippen LogP contribution in [-0.2, 0) is 6.54 Å². The van der Waals surface area contributed by atoms with Crippen LogP contribution < -0.4 is 5.32 Å². The Morgan fingerprint density at radius 3 is 2.74 bits per heavy atom. The van der Waals surface area contributed by atoms with Gasteiger partial charge in [0.15, 0.2) is 17.3 Å². The van der Waals surface area contributed by atoms with E-state index in [1.807, 2.05) is 0 Å². The quantitative estimate of drug-likeness (QED) is 0.563. The monoisotopic (exact) mass is 367 g/mol. The Bertz CT molecular complexity index is 1100. The van der Waals surface area contributed by atoms with Gasteiger partial charge in [-0.15, -0.1) is 15.3 Å². The summed E-state index contributed by atoms with van der Waals surface area (Å²) in [5.41, 5.74) is 0.688. The van der Waals surface area contributed by atoms with E-state index in [0.717, 1.165) is 0 Å². The van der Waals surface area contributed by atoms with Crippen LogP contribution >= 0.6 is 0 Å². The summed E-state index contributed by atoms with van der Waals surface area (Å²) in [6, 6.07) is 9.85. The average molecular weight is 367 g/mol. The highest BCUT2D eigenvalue weighted by atomic mass is 19.1. The van der Waals surface area contributed by atoms with Gasteiger partial charge in [-0.05, 0) is 38.1 Å². The fourth-order valence-electron chi connectivity index (χ4n) is 2.72. The normalized spacial score (nSPS) is 11.9. The lowest BCUT2D eigenvalue weighted by Crippen LogP contribution is -2.26. The van der Waals surface area contributed by atoms with Gasteiger partial charge < -0.3 is 10.4 Å². The highest BCUT2D eigenvalue weighted by molar-refractivity contribution is 5.61. The molecule has 138 valence electrons. The van der Waals surface area contributed by atoms with Crippen LogP contribution in [0, 0.1) is 5.82 Å². The van der Waals surface area contributed by atoms with Crippen LogP contribution in [0.2, 0.25) is 0 Å². The van der Waals surface area contributed by atoms with E-state index >= 15 is 0 Å². The van der Waals surface area contributed by atoms with Crippen molar-refractivity contribution in [3.05, 3.63) is 54.6 Å². The Morgan fingerprint density at radius 1 is 1.15 bits per heavy atom. The number of hydrogen-bond donors (Lipinski definition) is 2. The first kappa shape index (κ1) is 17.1. The van der Waals surface area contributed by atoms with Gasteiger partial charge >= 0.3 is 0 Å². The summed E-state index contributed by atoms with van der Waals surface area (Å²) in [6.07, 6.45) is 3.41. The Balaban J connectivity index is 1.64. The molecule has 0 unspecified atom stereocenters. The van der Waals surface area contributed by atoms with E-state index in [-0.39, 0.29) is 5.82 Å². The van der Waals surface area contributed by atoms with E-state index in [2.05, 4.69) is 25.7 Å². The van der Waals surface area contributed by atoms with Gasteiger partial charge in [0.05, 0.1) is 29.6 Å². The lowest BCUT2D eigenvalue weighted by atomic mass is 10.1. The second kappa shape index (κ2) is 6.44. The smallest absolute Gasteiger partial charge is 0.188 e. The molecule has 4 aromatic rings. The molecule has 3 heterocycles. The summed E-state index contributed by atoms with van der Waals surface area (Å²) in [5, 5.41) is 29.8. The zero-order chi connectivity index (χ0) is 19.0. The first-order chi connectivity index (χ1) is 12.9. The maximum Gasteiger partial charge on any atom is 0.188 e. The topological polar surface area (TPSA) is 93.2 Å². The molecule has 0 aliphatic carbocycles. The predicted octanol–water partition coefficient (Wildman–Crippen LogP) is 2.64. The SMILES string of the molecule is CC(C)(O)Cn1cc(Nc2ccc3nnc(-c4ccccc4F)n3n2)cn1. The molecule has 0 bridgehead atoms. The molecule has 0 amide bonds. The van der Waals surface area contributed by atoms with E-state index in [9.17, 15) is 9.50 Å².